The van der Waals surface area contributed by atoms with Crippen LogP contribution in [0.3, 0.4) is 0 Å². The van der Waals surface area contributed by atoms with Gasteiger partial charge in [0.25, 0.3) is 0 Å². The van der Waals surface area contributed by atoms with Gasteiger partial charge in [0.05, 0.1) is 12.1 Å². The summed E-state index contributed by atoms with van der Waals surface area (Å²) < 4.78 is 5.72. The molecular weight excluding hydrogens is 288 g/mol. The normalized spacial score (nSPS) is 28.1. The third kappa shape index (κ3) is 3.69. The second-order valence-electron chi connectivity index (χ2n) is 7.67. The minimum Gasteiger partial charge on any atom is -0.444 e. The molecule has 0 spiro atoms. The topological polar surface area (TPSA) is 41.6 Å². The second-order valence-corrected chi connectivity index (χ2v) is 7.67. The molecule has 126 valence electrons. The number of hydrogen-bond donors (Lipinski definition) is 1. The number of benzene rings is 1. The number of hydrogen-bond acceptors (Lipinski definition) is 3. The van der Waals surface area contributed by atoms with Crippen molar-refractivity contribution in [2.75, 3.05) is 6.54 Å². The summed E-state index contributed by atoms with van der Waals surface area (Å²) in [5.74, 6) is 0. The summed E-state index contributed by atoms with van der Waals surface area (Å²) >= 11 is 0. The zero-order valence-electron chi connectivity index (χ0n) is 14.4. The number of nitrogens with one attached hydrogen (secondary N) is 1. The number of carbonyl (C=O) groups is 1. The van der Waals surface area contributed by atoms with E-state index in [1.54, 1.807) is 0 Å². The zero-order chi connectivity index (χ0) is 16.4. The van der Waals surface area contributed by atoms with E-state index in [9.17, 15) is 4.79 Å². The molecule has 4 heteroatoms. The lowest BCUT2D eigenvalue weighted by molar-refractivity contribution is 0.0129. The van der Waals surface area contributed by atoms with E-state index in [0.29, 0.717) is 6.04 Å². The number of rotatable bonds is 1. The van der Waals surface area contributed by atoms with Gasteiger partial charge < -0.3 is 10.1 Å². The summed E-state index contributed by atoms with van der Waals surface area (Å²) in [6.45, 7) is 6.84. The quantitative estimate of drug-likeness (QED) is 0.855. The fourth-order valence-corrected chi connectivity index (χ4v) is 3.81. The van der Waals surface area contributed by atoms with Crippen LogP contribution >= 0.6 is 0 Å². The number of fused-ring (bicyclic) bond motifs is 1. The van der Waals surface area contributed by atoms with Crippen LogP contribution in [0.1, 0.15) is 58.1 Å². The summed E-state index contributed by atoms with van der Waals surface area (Å²) in [7, 11) is 0. The highest BCUT2D eigenvalue weighted by Gasteiger charge is 2.45. The molecule has 4 nitrogen and oxygen atoms in total. The van der Waals surface area contributed by atoms with Gasteiger partial charge in [-0.15, -0.1) is 0 Å². The molecule has 3 rings (SSSR count). The van der Waals surface area contributed by atoms with Crippen LogP contribution in [0.5, 0.6) is 0 Å². The highest BCUT2D eigenvalue weighted by atomic mass is 16.6. The monoisotopic (exact) mass is 316 g/mol. The Balaban J connectivity index is 1.89. The molecule has 2 saturated heterocycles. The van der Waals surface area contributed by atoms with Crippen LogP contribution in [0.15, 0.2) is 30.3 Å². The van der Waals surface area contributed by atoms with Gasteiger partial charge in [0.2, 0.25) is 0 Å². The number of carbonyl (C=O) groups excluding carboxylic acids is 1. The molecule has 2 aliphatic rings. The molecule has 1 N–H and O–H groups in total. The van der Waals surface area contributed by atoms with Crippen molar-refractivity contribution < 1.29 is 9.53 Å². The SMILES string of the molecule is CC(C)(C)OC(=O)N1C2CCCCNC2C[C@@H]1c1ccccc1. The molecule has 2 heterocycles. The summed E-state index contributed by atoms with van der Waals surface area (Å²) in [6.07, 6.45) is 4.19. The Morgan fingerprint density at radius 3 is 2.65 bits per heavy atom. The van der Waals surface area contributed by atoms with Crippen molar-refractivity contribution in [3.05, 3.63) is 35.9 Å². The Kier molecular flexibility index (Phi) is 4.62. The van der Waals surface area contributed by atoms with Gasteiger partial charge in [-0.3, -0.25) is 4.90 Å². The van der Waals surface area contributed by atoms with E-state index in [4.69, 9.17) is 4.74 Å². The molecule has 3 atom stereocenters. The maximum atomic E-state index is 12.9. The van der Waals surface area contributed by atoms with Crippen LogP contribution in [0.4, 0.5) is 4.79 Å². The molecule has 0 radical (unpaired) electrons. The van der Waals surface area contributed by atoms with Crippen LogP contribution < -0.4 is 5.32 Å². The largest absolute Gasteiger partial charge is 0.444 e. The lowest BCUT2D eigenvalue weighted by Crippen LogP contribution is -2.46. The fraction of sp³-hybridized carbons (Fsp3) is 0.632. The summed E-state index contributed by atoms with van der Waals surface area (Å²) in [6, 6.07) is 11.1. The van der Waals surface area contributed by atoms with Crippen molar-refractivity contribution in [2.45, 2.75) is 70.2 Å². The summed E-state index contributed by atoms with van der Waals surface area (Å²) in [5, 5.41) is 3.64. The van der Waals surface area contributed by atoms with Gasteiger partial charge in [0, 0.05) is 6.04 Å². The molecule has 0 aliphatic carbocycles. The van der Waals surface area contributed by atoms with Gasteiger partial charge >= 0.3 is 6.09 Å². The first-order chi connectivity index (χ1) is 11.0. The van der Waals surface area contributed by atoms with Crippen molar-refractivity contribution in [3.63, 3.8) is 0 Å². The van der Waals surface area contributed by atoms with Gasteiger partial charge in [-0.25, -0.2) is 4.79 Å². The van der Waals surface area contributed by atoms with Gasteiger partial charge in [-0.1, -0.05) is 36.8 Å². The van der Waals surface area contributed by atoms with E-state index < -0.39 is 5.60 Å². The fourth-order valence-electron chi connectivity index (χ4n) is 3.81. The highest BCUT2D eigenvalue weighted by molar-refractivity contribution is 5.70. The average molecular weight is 316 g/mol. The van der Waals surface area contributed by atoms with Crippen LogP contribution in [0, 0.1) is 0 Å². The van der Waals surface area contributed by atoms with Crippen molar-refractivity contribution in [1.29, 1.82) is 0 Å². The van der Waals surface area contributed by atoms with E-state index in [0.717, 1.165) is 25.8 Å². The van der Waals surface area contributed by atoms with Gasteiger partial charge in [-0.2, -0.15) is 0 Å². The Morgan fingerprint density at radius 1 is 1.22 bits per heavy atom. The number of ether oxygens (including phenoxy) is 1. The van der Waals surface area contributed by atoms with Gasteiger partial charge in [-0.05, 0) is 52.1 Å². The minimum atomic E-state index is -0.464. The van der Waals surface area contributed by atoms with Gasteiger partial charge in [0.15, 0.2) is 0 Å². The Morgan fingerprint density at radius 2 is 1.96 bits per heavy atom. The first kappa shape index (κ1) is 16.3. The molecular formula is C19H28N2O2. The number of nitrogens with zero attached hydrogens (tertiary/aromatic N) is 1. The number of amides is 1. The van der Waals surface area contributed by atoms with Crippen LogP contribution in [0.2, 0.25) is 0 Å². The van der Waals surface area contributed by atoms with Crippen molar-refractivity contribution in [2.24, 2.45) is 0 Å². The van der Waals surface area contributed by atoms with Crippen molar-refractivity contribution in [3.8, 4) is 0 Å². The van der Waals surface area contributed by atoms with E-state index in [-0.39, 0.29) is 18.2 Å². The van der Waals surface area contributed by atoms with Crippen LogP contribution in [-0.4, -0.2) is 35.2 Å². The molecule has 1 aromatic carbocycles. The first-order valence-corrected chi connectivity index (χ1v) is 8.75. The lowest BCUT2D eigenvalue weighted by Gasteiger charge is -2.33. The molecule has 2 fully saturated rings. The number of likely N-dealkylation sites (tertiary alicyclic amines) is 1. The predicted molar refractivity (Wildman–Crippen MR) is 91.3 cm³/mol. The molecule has 2 unspecified atom stereocenters. The molecule has 0 aromatic heterocycles. The Labute approximate surface area is 139 Å². The van der Waals surface area contributed by atoms with E-state index >= 15 is 0 Å². The minimum absolute atomic E-state index is 0.103. The van der Waals surface area contributed by atoms with Crippen LogP contribution in [-0.2, 0) is 4.74 Å². The molecule has 0 bridgehead atoms. The molecule has 2 aliphatic heterocycles. The van der Waals surface area contributed by atoms with Crippen LogP contribution in [0.25, 0.3) is 0 Å². The summed E-state index contributed by atoms with van der Waals surface area (Å²) in [5.41, 5.74) is 0.738. The Hall–Kier alpha value is -1.55. The zero-order valence-corrected chi connectivity index (χ0v) is 14.4. The molecule has 0 saturated carbocycles. The molecule has 1 amide bonds. The summed E-state index contributed by atoms with van der Waals surface area (Å²) in [4.78, 5) is 14.9. The van der Waals surface area contributed by atoms with Crippen molar-refractivity contribution >= 4 is 6.09 Å². The average Bonchev–Trinajstić information content (AvgIpc) is 2.70. The maximum Gasteiger partial charge on any atom is 0.411 e. The van der Waals surface area contributed by atoms with E-state index in [1.165, 1.54) is 12.0 Å². The standard InChI is InChI=1S/C19H28N2O2/c1-19(2,3)23-18(22)21-16-11-7-8-12-20-15(16)13-17(21)14-9-5-4-6-10-14/h4-6,9-10,15-17,20H,7-8,11-13H2,1-3H3/t15?,16?,17-/m1/s1. The van der Waals surface area contributed by atoms with Gasteiger partial charge in [0.1, 0.15) is 5.60 Å². The third-order valence-corrected chi connectivity index (χ3v) is 4.76. The van der Waals surface area contributed by atoms with E-state index in [1.807, 2.05) is 43.9 Å². The molecule has 23 heavy (non-hydrogen) atoms. The molecule has 1 aromatic rings. The van der Waals surface area contributed by atoms with E-state index in [2.05, 4.69) is 17.4 Å². The predicted octanol–water partition coefficient (Wildman–Crippen LogP) is 3.88. The first-order valence-electron chi connectivity index (χ1n) is 8.75. The Bertz CT molecular complexity index is 538. The lowest BCUT2D eigenvalue weighted by atomic mass is 10.0. The smallest absolute Gasteiger partial charge is 0.411 e. The highest BCUT2D eigenvalue weighted by Crippen LogP contribution is 2.40. The maximum absolute atomic E-state index is 12.9. The second kappa shape index (κ2) is 6.52. The third-order valence-electron chi connectivity index (χ3n) is 4.76. The van der Waals surface area contributed by atoms with Crippen molar-refractivity contribution in [1.82, 2.24) is 10.2 Å².